The number of benzene rings is 2. The van der Waals surface area contributed by atoms with Crippen molar-refractivity contribution in [2.45, 2.75) is 25.3 Å². The number of H-pyrrole nitrogens is 1. The third kappa shape index (κ3) is 4.62. The number of amides is 1. The Morgan fingerprint density at radius 3 is 2.43 bits per heavy atom. The molecule has 0 atom stereocenters. The number of carbonyl (C=O) groups is 1. The average Bonchev–Trinajstić information content (AvgIpc) is 3.12. The molecule has 4 rings (SSSR count). The number of rotatable bonds is 4. The van der Waals surface area contributed by atoms with Gasteiger partial charge in [-0.2, -0.15) is 5.10 Å². The molecule has 158 valence electrons. The van der Waals surface area contributed by atoms with E-state index >= 15 is 0 Å². The maximum Gasteiger partial charge on any atom is 0.573 e. The van der Waals surface area contributed by atoms with E-state index in [1.807, 2.05) is 0 Å². The number of aromatic nitrogens is 2. The molecule has 1 aliphatic heterocycles. The smallest absolute Gasteiger partial charge is 0.490 e. The first kappa shape index (κ1) is 20.3. The van der Waals surface area contributed by atoms with Gasteiger partial charge in [-0.05, 0) is 36.4 Å². The fourth-order valence-electron chi connectivity index (χ4n) is 3.39. The Balaban J connectivity index is 1.40. The molecule has 1 fully saturated rings. The maximum atomic E-state index is 12.9. The molecular formula is C20H17ClF3N3O3. The first-order valence-corrected chi connectivity index (χ1v) is 9.62. The lowest BCUT2D eigenvalue weighted by Gasteiger charge is -2.31. The molecule has 0 radical (unpaired) electrons. The molecule has 1 N–H and O–H groups in total. The molecule has 0 saturated carbocycles. The van der Waals surface area contributed by atoms with Crippen molar-refractivity contribution >= 4 is 28.4 Å². The minimum absolute atomic E-state index is 0.0202. The Kier molecular flexibility index (Phi) is 5.46. The Hall–Kier alpha value is -2.94. The topological polar surface area (TPSA) is 67.5 Å². The van der Waals surface area contributed by atoms with Crippen molar-refractivity contribution in [2.24, 2.45) is 0 Å². The lowest BCUT2D eigenvalue weighted by atomic mass is 10.1. The summed E-state index contributed by atoms with van der Waals surface area (Å²) in [4.78, 5) is 14.5. The van der Waals surface area contributed by atoms with Crippen LogP contribution in [0.2, 0.25) is 5.02 Å². The van der Waals surface area contributed by atoms with E-state index in [0.717, 1.165) is 11.8 Å². The zero-order valence-electron chi connectivity index (χ0n) is 15.6. The SMILES string of the molecule is O=C(c1n[nH]c2cc(OC(F)(F)F)ccc12)N1CCC(Oc2ccc(Cl)cc2)CC1. The number of hydrogen-bond acceptors (Lipinski definition) is 4. The second-order valence-electron chi connectivity index (χ2n) is 6.89. The summed E-state index contributed by atoms with van der Waals surface area (Å²) in [5, 5.41) is 7.68. The largest absolute Gasteiger partial charge is 0.573 e. The minimum atomic E-state index is -4.79. The van der Waals surface area contributed by atoms with Crippen molar-refractivity contribution in [1.82, 2.24) is 15.1 Å². The van der Waals surface area contributed by atoms with Crippen molar-refractivity contribution < 1.29 is 27.4 Å². The van der Waals surface area contributed by atoms with E-state index in [2.05, 4.69) is 14.9 Å². The van der Waals surface area contributed by atoms with Crippen molar-refractivity contribution in [3.8, 4) is 11.5 Å². The monoisotopic (exact) mass is 439 g/mol. The average molecular weight is 440 g/mol. The van der Waals surface area contributed by atoms with Crippen molar-refractivity contribution in [1.29, 1.82) is 0 Å². The molecule has 1 amide bonds. The van der Waals surface area contributed by atoms with Crippen LogP contribution < -0.4 is 9.47 Å². The van der Waals surface area contributed by atoms with Crippen LogP contribution in [0.4, 0.5) is 13.2 Å². The second-order valence-corrected chi connectivity index (χ2v) is 7.33. The van der Waals surface area contributed by atoms with Gasteiger partial charge in [0.05, 0.1) is 5.52 Å². The highest BCUT2D eigenvalue weighted by Gasteiger charge is 2.32. The number of nitrogens with one attached hydrogen (secondary N) is 1. The number of halogens is 4. The Morgan fingerprint density at radius 1 is 1.10 bits per heavy atom. The van der Waals surface area contributed by atoms with E-state index in [4.69, 9.17) is 16.3 Å². The van der Waals surface area contributed by atoms with E-state index in [1.165, 1.54) is 12.1 Å². The first-order valence-electron chi connectivity index (χ1n) is 9.24. The fraction of sp³-hybridized carbons (Fsp3) is 0.300. The summed E-state index contributed by atoms with van der Waals surface area (Å²) in [6.07, 6.45) is -3.50. The molecule has 0 aliphatic carbocycles. The Bertz CT molecular complexity index is 1040. The number of ether oxygens (including phenoxy) is 2. The number of aromatic amines is 1. The van der Waals surface area contributed by atoms with Gasteiger partial charge >= 0.3 is 6.36 Å². The fourth-order valence-corrected chi connectivity index (χ4v) is 3.52. The van der Waals surface area contributed by atoms with E-state index < -0.39 is 6.36 Å². The molecule has 3 aromatic rings. The molecule has 1 aliphatic rings. The van der Waals surface area contributed by atoms with Gasteiger partial charge in [0.15, 0.2) is 5.69 Å². The molecule has 0 bridgehead atoms. The molecular weight excluding hydrogens is 423 g/mol. The molecule has 2 aromatic carbocycles. The molecule has 1 aromatic heterocycles. The molecule has 0 spiro atoms. The van der Waals surface area contributed by atoms with Gasteiger partial charge in [0.2, 0.25) is 0 Å². The Labute approximate surface area is 174 Å². The predicted molar refractivity (Wildman–Crippen MR) is 104 cm³/mol. The van der Waals surface area contributed by atoms with Crippen LogP contribution in [0.1, 0.15) is 23.3 Å². The number of carbonyl (C=O) groups excluding carboxylic acids is 1. The van der Waals surface area contributed by atoms with Gasteiger partial charge in [-0.3, -0.25) is 9.89 Å². The highest BCUT2D eigenvalue weighted by Crippen LogP contribution is 2.28. The number of alkyl halides is 3. The molecule has 30 heavy (non-hydrogen) atoms. The summed E-state index contributed by atoms with van der Waals surface area (Å²) < 4.78 is 47.0. The first-order chi connectivity index (χ1) is 14.3. The predicted octanol–water partition coefficient (Wildman–Crippen LogP) is 4.80. The number of hydrogen-bond donors (Lipinski definition) is 1. The lowest BCUT2D eigenvalue weighted by Crippen LogP contribution is -2.42. The van der Waals surface area contributed by atoms with Gasteiger partial charge in [-0.1, -0.05) is 11.6 Å². The van der Waals surface area contributed by atoms with Crippen LogP contribution in [0.5, 0.6) is 11.5 Å². The van der Waals surface area contributed by atoms with Crippen molar-refractivity contribution in [3.63, 3.8) is 0 Å². The number of fused-ring (bicyclic) bond motifs is 1. The normalized spacial score (nSPS) is 15.4. The second kappa shape index (κ2) is 8.06. The van der Waals surface area contributed by atoms with E-state index in [-0.39, 0.29) is 23.5 Å². The molecule has 1 saturated heterocycles. The maximum absolute atomic E-state index is 12.9. The van der Waals surface area contributed by atoms with Gasteiger partial charge in [0, 0.05) is 42.4 Å². The van der Waals surface area contributed by atoms with E-state index in [9.17, 15) is 18.0 Å². The molecule has 6 nitrogen and oxygen atoms in total. The van der Waals surface area contributed by atoms with Crippen molar-refractivity contribution in [2.75, 3.05) is 13.1 Å². The third-order valence-electron chi connectivity index (χ3n) is 4.82. The van der Waals surface area contributed by atoms with Crippen LogP contribution >= 0.6 is 11.6 Å². The van der Waals surface area contributed by atoms with Gasteiger partial charge in [-0.25, -0.2) is 0 Å². The zero-order chi connectivity index (χ0) is 21.3. The minimum Gasteiger partial charge on any atom is -0.490 e. The highest BCUT2D eigenvalue weighted by molar-refractivity contribution is 6.30. The number of piperidine rings is 1. The van der Waals surface area contributed by atoms with Gasteiger partial charge in [0.25, 0.3) is 5.91 Å². The van der Waals surface area contributed by atoms with Crippen LogP contribution in [0.15, 0.2) is 42.5 Å². The lowest BCUT2D eigenvalue weighted by molar-refractivity contribution is -0.274. The standard InChI is InChI=1S/C20H17ClF3N3O3/c21-12-1-3-13(4-2-12)29-14-7-9-27(10-8-14)19(28)18-16-6-5-15(30-20(22,23)24)11-17(16)25-26-18/h1-6,11,14H,7-10H2,(H,25,26). The summed E-state index contributed by atoms with van der Waals surface area (Å²) in [7, 11) is 0. The molecule has 2 heterocycles. The summed E-state index contributed by atoms with van der Waals surface area (Å²) in [5.74, 6) is 0.0628. The van der Waals surface area contributed by atoms with Gasteiger partial charge in [0.1, 0.15) is 17.6 Å². The summed E-state index contributed by atoms with van der Waals surface area (Å²) in [6.45, 7) is 0.974. The quantitative estimate of drug-likeness (QED) is 0.634. The van der Waals surface area contributed by atoms with Crippen LogP contribution in [0.3, 0.4) is 0 Å². The summed E-state index contributed by atoms with van der Waals surface area (Å²) in [6, 6.07) is 10.8. The van der Waals surface area contributed by atoms with E-state index in [1.54, 1.807) is 29.2 Å². The van der Waals surface area contributed by atoms with Gasteiger partial charge < -0.3 is 14.4 Å². The Morgan fingerprint density at radius 2 is 1.77 bits per heavy atom. The van der Waals surface area contributed by atoms with E-state index in [0.29, 0.717) is 41.9 Å². The van der Waals surface area contributed by atoms with Crippen LogP contribution in [-0.4, -0.2) is 46.6 Å². The van der Waals surface area contributed by atoms with Crippen LogP contribution in [0, 0.1) is 0 Å². The number of likely N-dealkylation sites (tertiary alicyclic amines) is 1. The highest BCUT2D eigenvalue weighted by atomic mass is 35.5. The third-order valence-corrected chi connectivity index (χ3v) is 5.07. The van der Waals surface area contributed by atoms with Gasteiger partial charge in [-0.15, -0.1) is 13.2 Å². The van der Waals surface area contributed by atoms with Crippen molar-refractivity contribution in [3.05, 3.63) is 53.2 Å². The summed E-state index contributed by atoms with van der Waals surface area (Å²) >= 11 is 5.87. The number of nitrogens with zero attached hydrogens (tertiary/aromatic N) is 2. The molecule has 10 heteroatoms. The van der Waals surface area contributed by atoms with Crippen LogP contribution in [-0.2, 0) is 0 Å². The zero-order valence-corrected chi connectivity index (χ0v) is 16.3. The van der Waals surface area contributed by atoms with Crippen LogP contribution in [0.25, 0.3) is 10.9 Å². The summed E-state index contributed by atoms with van der Waals surface area (Å²) in [5.41, 5.74) is 0.460. The molecule has 0 unspecified atom stereocenters.